The number of thiazole rings is 1. The third kappa shape index (κ3) is 5.31. The molecule has 1 aromatic heterocycles. The van der Waals surface area contributed by atoms with Gasteiger partial charge in [0.2, 0.25) is 11.8 Å². The Labute approximate surface area is 299 Å². The molecule has 2 aliphatic carbocycles. The summed E-state index contributed by atoms with van der Waals surface area (Å²) in [6.45, 7) is -0.280. The van der Waals surface area contributed by atoms with Gasteiger partial charge in [0.25, 0.3) is 5.91 Å². The second-order valence-corrected chi connectivity index (χ2v) is 15.6. The molecule has 14 heteroatoms. The van der Waals surface area contributed by atoms with E-state index >= 15 is 0 Å². The Kier molecular flexibility index (Phi) is 8.17. The molecule has 3 fully saturated rings. The number of ether oxygens (including phenoxy) is 3. The van der Waals surface area contributed by atoms with Crippen molar-refractivity contribution < 1.29 is 28.6 Å². The maximum absolute atomic E-state index is 14.1. The predicted octanol–water partition coefficient (Wildman–Crippen LogP) is 6.46. The number of hydrogen-bond acceptors (Lipinski definition) is 9. The lowest BCUT2D eigenvalue weighted by Crippen LogP contribution is -2.42. The van der Waals surface area contributed by atoms with Crippen LogP contribution in [0.4, 0.5) is 11.4 Å². The van der Waals surface area contributed by atoms with Gasteiger partial charge in [0.1, 0.15) is 5.75 Å². The van der Waals surface area contributed by atoms with Crippen LogP contribution < -0.4 is 29.3 Å². The fourth-order valence-corrected chi connectivity index (χ4v) is 11.5. The lowest BCUT2D eigenvalue weighted by molar-refractivity contribution is -0.123. The SMILES string of the molecule is COc1ccc(N2C(=O)C3C(C2=O)[C@@H]2C[C@H]3C3Sc4[nH]c(=O)sc4[C@H](c4ccc(OCC(=O)Nc5ccc(Cl)c(Cl)c5)c(OC)c4)C32)cc1. The summed E-state index contributed by atoms with van der Waals surface area (Å²) in [7, 11) is 3.10. The van der Waals surface area contributed by atoms with Gasteiger partial charge in [-0.2, -0.15) is 0 Å². The number of thioether (sulfide) groups is 1. The fraction of sp³-hybridized carbons (Fsp3) is 0.314. The van der Waals surface area contributed by atoms with Gasteiger partial charge in [0.15, 0.2) is 18.1 Å². The van der Waals surface area contributed by atoms with E-state index in [1.165, 1.54) is 23.3 Å². The molecule has 252 valence electrons. The fourth-order valence-electron chi connectivity index (χ4n) is 8.29. The molecule has 8 rings (SSSR count). The zero-order chi connectivity index (χ0) is 34.1. The number of anilines is 2. The van der Waals surface area contributed by atoms with E-state index in [9.17, 15) is 19.2 Å². The molecule has 4 unspecified atom stereocenters. The van der Waals surface area contributed by atoms with E-state index in [1.807, 2.05) is 12.1 Å². The van der Waals surface area contributed by atoms with Gasteiger partial charge in [-0.15, -0.1) is 11.8 Å². The highest BCUT2D eigenvalue weighted by Crippen LogP contribution is 2.68. The maximum atomic E-state index is 14.1. The first kappa shape index (κ1) is 32.2. The Morgan fingerprint density at radius 2 is 1.67 bits per heavy atom. The topological polar surface area (TPSA) is 127 Å². The second kappa shape index (κ2) is 12.4. The summed E-state index contributed by atoms with van der Waals surface area (Å²) in [6.07, 6.45) is 0.771. The Morgan fingerprint density at radius 3 is 2.39 bits per heavy atom. The van der Waals surface area contributed by atoms with Crippen molar-refractivity contribution in [2.45, 2.75) is 22.6 Å². The number of nitrogens with zero attached hydrogens (tertiary/aromatic N) is 1. The number of hydrogen-bond donors (Lipinski definition) is 2. The summed E-state index contributed by atoms with van der Waals surface area (Å²) in [5.74, 6) is -0.352. The zero-order valence-electron chi connectivity index (χ0n) is 26.1. The first-order valence-electron chi connectivity index (χ1n) is 15.6. The van der Waals surface area contributed by atoms with Gasteiger partial charge in [-0.1, -0.05) is 40.6 Å². The number of amides is 3. The van der Waals surface area contributed by atoms with Crippen molar-refractivity contribution in [3.05, 3.63) is 90.8 Å². The summed E-state index contributed by atoms with van der Waals surface area (Å²) in [5, 5.41) is 4.29. The normalized spacial score (nSPS) is 26.3. The van der Waals surface area contributed by atoms with E-state index in [0.717, 1.165) is 21.9 Å². The van der Waals surface area contributed by atoms with E-state index in [4.69, 9.17) is 37.4 Å². The van der Waals surface area contributed by atoms with Crippen molar-refractivity contribution in [3.8, 4) is 17.2 Å². The molecule has 1 saturated heterocycles. The molecule has 3 heterocycles. The molecule has 3 amide bonds. The monoisotopic (exact) mass is 737 g/mol. The lowest BCUT2D eigenvalue weighted by atomic mass is 9.68. The molecule has 3 aromatic carbocycles. The highest BCUT2D eigenvalue weighted by Gasteiger charge is 2.69. The van der Waals surface area contributed by atoms with Crippen LogP contribution in [-0.2, 0) is 14.4 Å². The highest BCUT2D eigenvalue weighted by molar-refractivity contribution is 8.00. The van der Waals surface area contributed by atoms with Crippen LogP contribution >= 0.6 is 46.3 Å². The van der Waals surface area contributed by atoms with Crippen LogP contribution in [0.2, 0.25) is 10.0 Å². The number of benzene rings is 3. The van der Waals surface area contributed by atoms with Gasteiger partial charge in [0, 0.05) is 21.7 Å². The maximum Gasteiger partial charge on any atom is 0.305 e. The number of nitrogens with one attached hydrogen (secondary N) is 2. The van der Waals surface area contributed by atoms with E-state index in [0.29, 0.717) is 38.7 Å². The summed E-state index contributed by atoms with van der Waals surface area (Å²) in [5.41, 5.74) is 1.94. The van der Waals surface area contributed by atoms with E-state index in [1.54, 1.807) is 67.4 Å². The number of imide groups is 1. The molecule has 2 aliphatic heterocycles. The number of rotatable bonds is 8. The molecule has 4 aliphatic rings. The van der Waals surface area contributed by atoms with Crippen LogP contribution in [0.25, 0.3) is 0 Å². The average Bonchev–Trinajstić information content (AvgIpc) is 3.84. The Bertz CT molecular complexity index is 2070. The molecular weight excluding hydrogens is 709 g/mol. The number of fused-ring (bicyclic) bond motifs is 9. The number of methoxy groups -OCH3 is 2. The number of carbonyl (C=O) groups excluding carboxylic acids is 3. The minimum absolute atomic E-state index is 0.0104. The Hall–Kier alpha value is -3.97. The molecule has 10 nitrogen and oxygen atoms in total. The highest BCUT2D eigenvalue weighted by atomic mass is 35.5. The van der Waals surface area contributed by atoms with E-state index < -0.39 is 17.7 Å². The van der Waals surface area contributed by atoms with Crippen LogP contribution in [0.5, 0.6) is 17.2 Å². The summed E-state index contributed by atoms with van der Waals surface area (Å²) < 4.78 is 16.9. The first-order chi connectivity index (χ1) is 23.7. The van der Waals surface area contributed by atoms with Crippen molar-refractivity contribution >= 4 is 75.4 Å². The quantitative estimate of drug-likeness (QED) is 0.198. The molecule has 2 N–H and O–H groups in total. The standard InChI is InChI=1S/C35H29Cl2N3O7S2/c1-45-18-7-5-17(6-8-18)40-33(42)28-19-13-20(29(28)34(40)43)30-27(19)26(31-32(48-30)39-35(44)49-31)15-3-10-23(24(11-15)46-2)47-14-25(41)38-16-4-9-21(36)22(37)12-16/h3-12,19-20,26-30H,13-14H2,1-2H3,(H,38,41)(H,39,44)/t19-,20-,26-,27?,28?,29?,30?/m1/s1. The van der Waals surface area contributed by atoms with Crippen LogP contribution in [-0.4, -0.2) is 48.8 Å². The molecule has 0 spiro atoms. The van der Waals surface area contributed by atoms with Gasteiger partial charge in [-0.05, 0) is 84.3 Å². The molecule has 2 bridgehead atoms. The molecule has 49 heavy (non-hydrogen) atoms. The smallest absolute Gasteiger partial charge is 0.305 e. The average molecular weight is 739 g/mol. The van der Waals surface area contributed by atoms with E-state index in [-0.39, 0.29) is 52.2 Å². The van der Waals surface area contributed by atoms with Crippen LogP contribution in [0.1, 0.15) is 22.8 Å². The third-order valence-corrected chi connectivity index (χ3v) is 13.5. The van der Waals surface area contributed by atoms with Gasteiger partial charge < -0.3 is 24.5 Å². The molecule has 2 saturated carbocycles. The van der Waals surface area contributed by atoms with Crippen LogP contribution in [0.3, 0.4) is 0 Å². The third-order valence-electron chi connectivity index (χ3n) is 10.2. The van der Waals surface area contributed by atoms with Gasteiger partial charge in [-0.25, -0.2) is 0 Å². The van der Waals surface area contributed by atoms with Gasteiger partial charge in [-0.3, -0.25) is 24.1 Å². The molecule has 4 aromatic rings. The van der Waals surface area contributed by atoms with Crippen molar-refractivity contribution in [3.63, 3.8) is 0 Å². The van der Waals surface area contributed by atoms with Crippen LogP contribution in [0.15, 0.2) is 70.5 Å². The van der Waals surface area contributed by atoms with Gasteiger partial charge in [0.05, 0.1) is 46.8 Å². The largest absolute Gasteiger partial charge is 0.497 e. The van der Waals surface area contributed by atoms with Crippen molar-refractivity contribution in [1.82, 2.24) is 4.98 Å². The number of halogens is 2. The molecule has 0 radical (unpaired) electrons. The van der Waals surface area contributed by atoms with Crippen molar-refractivity contribution in [1.29, 1.82) is 0 Å². The zero-order valence-corrected chi connectivity index (χ0v) is 29.3. The minimum Gasteiger partial charge on any atom is -0.497 e. The summed E-state index contributed by atoms with van der Waals surface area (Å²) >= 11 is 14.9. The van der Waals surface area contributed by atoms with Crippen LogP contribution in [0, 0.1) is 29.6 Å². The lowest BCUT2D eigenvalue weighted by Gasteiger charge is -2.43. The Morgan fingerprint density at radius 1 is 0.918 bits per heavy atom. The summed E-state index contributed by atoms with van der Waals surface area (Å²) in [4.78, 5) is 58.5. The molecular formula is C35H29Cl2N3O7S2. The van der Waals surface area contributed by atoms with Gasteiger partial charge >= 0.3 is 4.87 Å². The first-order valence-corrected chi connectivity index (χ1v) is 18.1. The number of aromatic amines is 1. The molecule has 7 atom stereocenters. The minimum atomic E-state index is -0.431. The second-order valence-electron chi connectivity index (χ2n) is 12.5. The Balaban J connectivity index is 1.08. The van der Waals surface area contributed by atoms with E-state index in [2.05, 4.69) is 10.3 Å². The van der Waals surface area contributed by atoms with Crippen molar-refractivity contribution in [2.75, 3.05) is 31.0 Å². The number of aromatic nitrogens is 1. The number of carbonyl (C=O) groups is 3. The number of H-pyrrole nitrogens is 1. The predicted molar refractivity (Wildman–Crippen MR) is 188 cm³/mol. The van der Waals surface area contributed by atoms with Crippen molar-refractivity contribution in [2.24, 2.45) is 29.6 Å². The summed E-state index contributed by atoms with van der Waals surface area (Å²) in [6, 6.07) is 17.4.